The number of aliphatic imine (C=N–C) groups is 1. The van der Waals surface area contributed by atoms with Gasteiger partial charge in [-0.3, -0.25) is 4.99 Å². The molecule has 154 valence electrons. The van der Waals surface area contributed by atoms with Crippen molar-refractivity contribution in [2.45, 2.75) is 13.0 Å². The molecular weight excluding hydrogens is 469 g/mol. The summed E-state index contributed by atoms with van der Waals surface area (Å²) in [5, 5.41) is 6.56. The molecule has 0 atom stereocenters. The largest absolute Gasteiger partial charge is 0.493 e. The van der Waals surface area contributed by atoms with Crippen LogP contribution in [0.15, 0.2) is 53.5 Å². The molecule has 6 nitrogen and oxygen atoms in total. The predicted octanol–water partition coefficient (Wildman–Crippen LogP) is 3.25. The van der Waals surface area contributed by atoms with Crippen molar-refractivity contribution in [1.29, 1.82) is 0 Å². The summed E-state index contributed by atoms with van der Waals surface area (Å²) in [7, 11) is 5.04. The van der Waals surface area contributed by atoms with Crippen LogP contribution in [0.1, 0.15) is 11.1 Å². The molecule has 0 aliphatic heterocycles. The van der Waals surface area contributed by atoms with E-state index in [0.29, 0.717) is 19.8 Å². The molecule has 7 heteroatoms. The average Bonchev–Trinajstić information content (AvgIpc) is 2.72. The van der Waals surface area contributed by atoms with Crippen LogP contribution in [-0.2, 0) is 17.8 Å². The lowest BCUT2D eigenvalue weighted by atomic mass is 10.1. The fourth-order valence-electron chi connectivity index (χ4n) is 2.59. The van der Waals surface area contributed by atoms with Gasteiger partial charge in [0.05, 0.1) is 27.4 Å². The number of nitrogens with one attached hydrogen (secondary N) is 2. The van der Waals surface area contributed by atoms with Gasteiger partial charge >= 0.3 is 0 Å². The van der Waals surface area contributed by atoms with E-state index in [1.807, 2.05) is 36.4 Å². The first-order valence-electron chi connectivity index (χ1n) is 9.04. The van der Waals surface area contributed by atoms with E-state index in [4.69, 9.17) is 14.2 Å². The highest BCUT2D eigenvalue weighted by Gasteiger charge is 2.05. The van der Waals surface area contributed by atoms with E-state index in [1.54, 1.807) is 21.3 Å². The van der Waals surface area contributed by atoms with Gasteiger partial charge in [-0.05, 0) is 29.7 Å². The number of rotatable bonds is 10. The van der Waals surface area contributed by atoms with Gasteiger partial charge in [-0.15, -0.1) is 24.0 Å². The topological polar surface area (TPSA) is 64.1 Å². The Morgan fingerprint density at radius 3 is 2.29 bits per heavy atom. The number of ether oxygens (including phenoxy) is 3. The molecule has 0 aliphatic rings. The summed E-state index contributed by atoms with van der Waals surface area (Å²) < 4.78 is 16.3. The Morgan fingerprint density at radius 2 is 1.61 bits per heavy atom. The van der Waals surface area contributed by atoms with Crippen LogP contribution in [0.3, 0.4) is 0 Å². The van der Waals surface area contributed by atoms with Crippen molar-refractivity contribution >= 4 is 29.9 Å². The summed E-state index contributed by atoms with van der Waals surface area (Å²) >= 11 is 0. The zero-order valence-corrected chi connectivity index (χ0v) is 19.1. The number of hydrogen-bond donors (Lipinski definition) is 2. The zero-order chi connectivity index (χ0) is 19.3. The van der Waals surface area contributed by atoms with Crippen LogP contribution in [0.25, 0.3) is 0 Å². The molecule has 0 saturated heterocycles. The first-order valence-corrected chi connectivity index (χ1v) is 9.04. The van der Waals surface area contributed by atoms with Gasteiger partial charge < -0.3 is 24.8 Å². The Kier molecular flexibility index (Phi) is 12.1. The van der Waals surface area contributed by atoms with E-state index < -0.39 is 0 Å². The second-order valence-corrected chi connectivity index (χ2v) is 5.90. The van der Waals surface area contributed by atoms with Crippen molar-refractivity contribution in [3.05, 3.63) is 59.7 Å². The van der Waals surface area contributed by atoms with Crippen LogP contribution in [0.2, 0.25) is 0 Å². The molecule has 28 heavy (non-hydrogen) atoms. The van der Waals surface area contributed by atoms with Crippen molar-refractivity contribution in [2.75, 3.05) is 41.0 Å². The first-order chi connectivity index (χ1) is 13.3. The smallest absolute Gasteiger partial charge is 0.191 e. The second kappa shape index (κ2) is 14.1. The first kappa shape index (κ1) is 24.0. The molecule has 0 aliphatic carbocycles. The predicted molar refractivity (Wildman–Crippen MR) is 124 cm³/mol. The summed E-state index contributed by atoms with van der Waals surface area (Å²) in [6, 6.07) is 16.1. The lowest BCUT2D eigenvalue weighted by Gasteiger charge is -2.13. The number of halogens is 1. The van der Waals surface area contributed by atoms with Crippen LogP contribution >= 0.6 is 24.0 Å². The third-order valence-electron chi connectivity index (χ3n) is 4.03. The standard InChI is InChI=1S/C21H29N3O3.HI/c1-22-21(24-13-14-27-16-18-7-5-4-6-8-18)23-12-11-17-9-10-19(25-2)20(15-17)26-3;/h4-10,15H,11-14,16H2,1-3H3,(H2,22,23,24);1H. The number of hydrogen-bond acceptors (Lipinski definition) is 4. The summed E-state index contributed by atoms with van der Waals surface area (Å²) in [6.45, 7) is 2.70. The van der Waals surface area contributed by atoms with Crippen LogP contribution in [0.5, 0.6) is 11.5 Å². The maximum atomic E-state index is 5.66. The molecule has 2 rings (SSSR count). The highest BCUT2D eigenvalue weighted by molar-refractivity contribution is 14.0. The lowest BCUT2D eigenvalue weighted by Crippen LogP contribution is -2.39. The maximum absolute atomic E-state index is 5.66. The quantitative estimate of drug-likeness (QED) is 0.228. The number of guanidine groups is 1. The van der Waals surface area contributed by atoms with Crippen molar-refractivity contribution in [2.24, 2.45) is 4.99 Å². The fourth-order valence-corrected chi connectivity index (χ4v) is 2.59. The van der Waals surface area contributed by atoms with Gasteiger partial charge in [-0.25, -0.2) is 0 Å². The Balaban J connectivity index is 0.00000392. The molecule has 0 spiro atoms. The molecule has 0 fully saturated rings. The minimum Gasteiger partial charge on any atom is -0.493 e. The molecule has 0 bridgehead atoms. The minimum atomic E-state index is 0. The summed E-state index contributed by atoms with van der Waals surface area (Å²) in [5.74, 6) is 2.24. The van der Waals surface area contributed by atoms with Crippen LogP contribution in [0, 0.1) is 0 Å². The molecule has 0 saturated carbocycles. The van der Waals surface area contributed by atoms with Gasteiger partial charge in [0.15, 0.2) is 17.5 Å². The maximum Gasteiger partial charge on any atom is 0.191 e. The zero-order valence-electron chi connectivity index (χ0n) is 16.7. The van der Waals surface area contributed by atoms with Crippen molar-refractivity contribution in [1.82, 2.24) is 10.6 Å². The molecule has 0 radical (unpaired) electrons. The third-order valence-corrected chi connectivity index (χ3v) is 4.03. The number of benzene rings is 2. The molecule has 2 aromatic carbocycles. The van der Waals surface area contributed by atoms with Crippen LogP contribution in [0.4, 0.5) is 0 Å². The van der Waals surface area contributed by atoms with E-state index in [9.17, 15) is 0 Å². The highest BCUT2D eigenvalue weighted by atomic mass is 127. The average molecular weight is 499 g/mol. The molecule has 2 N–H and O–H groups in total. The van der Waals surface area contributed by atoms with Gasteiger partial charge in [0.1, 0.15) is 0 Å². The molecule has 0 heterocycles. The second-order valence-electron chi connectivity index (χ2n) is 5.90. The molecule has 0 unspecified atom stereocenters. The van der Waals surface area contributed by atoms with Gasteiger partial charge in [0.2, 0.25) is 0 Å². The normalized spacial score (nSPS) is 10.8. The summed E-state index contributed by atoms with van der Waals surface area (Å²) in [6.07, 6.45) is 0.853. The Hall–Kier alpha value is -2.00. The van der Waals surface area contributed by atoms with Crippen LogP contribution in [-0.4, -0.2) is 46.9 Å². The monoisotopic (exact) mass is 499 g/mol. The van der Waals surface area contributed by atoms with Gasteiger partial charge in [-0.1, -0.05) is 36.4 Å². The van der Waals surface area contributed by atoms with Gasteiger partial charge in [0.25, 0.3) is 0 Å². The Bertz CT molecular complexity index is 711. The fraction of sp³-hybridized carbons (Fsp3) is 0.381. The minimum absolute atomic E-state index is 0. The van der Waals surface area contributed by atoms with E-state index in [0.717, 1.165) is 30.4 Å². The third kappa shape index (κ3) is 8.35. The number of nitrogens with zero attached hydrogens (tertiary/aromatic N) is 1. The van der Waals surface area contributed by atoms with E-state index in [2.05, 4.69) is 27.8 Å². The lowest BCUT2D eigenvalue weighted by molar-refractivity contribution is 0.125. The SMILES string of the molecule is CN=C(NCCOCc1ccccc1)NCCc1ccc(OC)c(OC)c1.I. The molecule has 2 aromatic rings. The van der Waals surface area contributed by atoms with E-state index in [1.165, 1.54) is 11.1 Å². The highest BCUT2D eigenvalue weighted by Crippen LogP contribution is 2.27. The molecular formula is C21H30IN3O3. The van der Waals surface area contributed by atoms with Crippen molar-refractivity contribution in [3.63, 3.8) is 0 Å². The summed E-state index contributed by atoms with van der Waals surface area (Å²) in [4.78, 5) is 4.23. The van der Waals surface area contributed by atoms with Gasteiger partial charge in [0, 0.05) is 20.1 Å². The molecule has 0 aromatic heterocycles. The van der Waals surface area contributed by atoms with E-state index >= 15 is 0 Å². The van der Waals surface area contributed by atoms with Crippen molar-refractivity contribution in [3.8, 4) is 11.5 Å². The molecule has 0 amide bonds. The van der Waals surface area contributed by atoms with Crippen molar-refractivity contribution < 1.29 is 14.2 Å². The summed E-state index contributed by atoms with van der Waals surface area (Å²) in [5.41, 5.74) is 2.34. The Labute approximate surface area is 184 Å². The van der Waals surface area contributed by atoms with Gasteiger partial charge in [-0.2, -0.15) is 0 Å². The van der Waals surface area contributed by atoms with Crippen LogP contribution < -0.4 is 20.1 Å². The Morgan fingerprint density at radius 1 is 0.893 bits per heavy atom. The van der Waals surface area contributed by atoms with E-state index in [-0.39, 0.29) is 24.0 Å². The number of methoxy groups -OCH3 is 2.